The average Bonchev–Trinajstić information content (AvgIpc) is 3.48. The first-order valence-corrected chi connectivity index (χ1v) is 11.8. The Labute approximate surface area is 205 Å². The third-order valence-corrected chi connectivity index (χ3v) is 7.32. The van der Waals surface area contributed by atoms with Crippen molar-refractivity contribution in [1.82, 2.24) is 9.88 Å². The van der Waals surface area contributed by atoms with Crippen LogP contribution in [0.1, 0.15) is 50.7 Å². The van der Waals surface area contributed by atoms with Gasteiger partial charge in [0, 0.05) is 36.8 Å². The number of nitriles is 1. The minimum absolute atomic E-state index is 0.135. The summed E-state index contributed by atoms with van der Waals surface area (Å²) >= 11 is 0. The van der Waals surface area contributed by atoms with Gasteiger partial charge in [0.15, 0.2) is 0 Å². The number of fused-ring (bicyclic) bond motifs is 1. The normalized spacial score (nSPS) is 20.2. The number of esters is 1. The van der Waals surface area contributed by atoms with Gasteiger partial charge in [-0.3, -0.25) is 4.90 Å². The molecular weight excluding hydrogens is 440 g/mol. The van der Waals surface area contributed by atoms with Gasteiger partial charge in [0.1, 0.15) is 18.5 Å². The first kappa shape index (κ1) is 23.0. The first-order valence-electron chi connectivity index (χ1n) is 11.8. The van der Waals surface area contributed by atoms with Crippen molar-refractivity contribution < 1.29 is 14.6 Å². The Morgan fingerprint density at radius 2 is 2.06 bits per heavy atom. The maximum atomic E-state index is 11.9. The van der Waals surface area contributed by atoms with Crippen LogP contribution in [-0.2, 0) is 16.8 Å². The fraction of sp³-hybridized carbons (Fsp3) is 0.321. The monoisotopic (exact) mass is 468 g/mol. The molecule has 1 fully saturated rings. The molecule has 2 aliphatic rings. The van der Waals surface area contributed by atoms with Gasteiger partial charge in [-0.2, -0.15) is 5.26 Å². The van der Waals surface area contributed by atoms with E-state index in [1.54, 1.807) is 18.3 Å². The average molecular weight is 469 g/mol. The lowest BCUT2D eigenvalue weighted by Gasteiger charge is -2.31. The number of aliphatic hydroxyl groups excluding tert-OH is 1. The van der Waals surface area contributed by atoms with Crippen LogP contribution in [0.2, 0.25) is 0 Å². The van der Waals surface area contributed by atoms with Crippen molar-refractivity contribution in [3.8, 4) is 6.07 Å². The highest BCUT2D eigenvalue weighted by molar-refractivity contribution is 5.93. The molecule has 1 unspecified atom stereocenters. The van der Waals surface area contributed by atoms with Gasteiger partial charge in [-0.25, -0.2) is 9.78 Å². The van der Waals surface area contributed by atoms with Crippen molar-refractivity contribution in [1.29, 1.82) is 5.26 Å². The number of carbonyl (C=O) groups excluding carboxylic acids is 1. The largest absolute Gasteiger partial charge is 0.457 e. The maximum absolute atomic E-state index is 11.9. The topological polar surface area (TPSA) is 98.5 Å². The van der Waals surface area contributed by atoms with E-state index in [1.165, 1.54) is 5.56 Å². The van der Waals surface area contributed by atoms with Crippen LogP contribution < -0.4 is 5.32 Å². The Morgan fingerprint density at radius 1 is 1.23 bits per heavy atom. The number of benzene rings is 2. The number of nitrogens with one attached hydrogen (secondary N) is 1. The highest BCUT2D eigenvalue weighted by atomic mass is 16.5. The van der Waals surface area contributed by atoms with E-state index in [0.29, 0.717) is 24.2 Å². The zero-order valence-electron chi connectivity index (χ0n) is 19.7. The molecule has 0 saturated carbocycles. The molecule has 35 heavy (non-hydrogen) atoms. The van der Waals surface area contributed by atoms with Crippen molar-refractivity contribution in [2.75, 3.05) is 31.5 Å². The standard InChI is InChI=1S/C28H28N4O3/c1-19-22(8-9-23-24(19)16-35-27(23)34)25(33)15-32-12-11-28(18-32,21-5-3-2-4-6-21)17-31-26-10-7-20(13-29)14-30-26/h2-10,14,25,33H,11-12,15-18H2,1H3,(H,30,31)/t25-,28?/m1/s1. The molecule has 178 valence electrons. The predicted molar refractivity (Wildman–Crippen MR) is 132 cm³/mol. The Morgan fingerprint density at radius 3 is 2.80 bits per heavy atom. The molecule has 0 amide bonds. The number of likely N-dealkylation sites (tertiary alicyclic amines) is 1. The molecule has 7 nitrogen and oxygen atoms in total. The summed E-state index contributed by atoms with van der Waals surface area (Å²) in [5.74, 6) is 0.448. The van der Waals surface area contributed by atoms with Gasteiger partial charge in [-0.15, -0.1) is 0 Å². The van der Waals surface area contributed by atoms with E-state index in [2.05, 4.69) is 45.5 Å². The number of rotatable bonds is 7. The van der Waals surface area contributed by atoms with Gasteiger partial charge in [-0.1, -0.05) is 36.4 Å². The maximum Gasteiger partial charge on any atom is 0.338 e. The molecule has 2 aromatic carbocycles. The lowest BCUT2D eigenvalue weighted by Crippen LogP contribution is -2.38. The Kier molecular flexibility index (Phi) is 6.25. The van der Waals surface area contributed by atoms with Crippen LogP contribution in [0.4, 0.5) is 5.82 Å². The number of hydrogen-bond acceptors (Lipinski definition) is 7. The van der Waals surface area contributed by atoms with Crippen LogP contribution in [0.3, 0.4) is 0 Å². The minimum atomic E-state index is -0.657. The molecule has 2 N–H and O–H groups in total. The van der Waals surface area contributed by atoms with Crippen molar-refractivity contribution in [2.24, 2.45) is 0 Å². The van der Waals surface area contributed by atoms with E-state index < -0.39 is 6.10 Å². The predicted octanol–water partition coefficient (Wildman–Crippen LogP) is 3.72. The molecule has 0 radical (unpaired) electrons. The van der Waals surface area contributed by atoms with Crippen LogP contribution >= 0.6 is 0 Å². The zero-order valence-corrected chi connectivity index (χ0v) is 19.7. The SMILES string of the molecule is Cc1c([C@H](O)CN2CCC(CNc3ccc(C#N)cn3)(c3ccccc3)C2)ccc2c1COC2=O. The molecule has 0 aliphatic carbocycles. The molecule has 3 heterocycles. The van der Waals surface area contributed by atoms with E-state index in [9.17, 15) is 9.90 Å². The van der Waals surface area contributed by atoms with Crippen LogP contribution in [0, 0.1) is 18.3 Å². The number of ether oxygens (including phenoxy) is 1. The van der Waals surface area contributed by atoms with Crippen LogP contribution in [0.25, 0.3) is 0 Å². The van der Waals surface area contributed by atoms with Crippen molar-refractivity contribution in [3.05, 3.63) is 94.2 Å². The summed E-state index contributed by atoms with van der Waals surface area (Å²) in [6, 6.07) is 19.8. The van der Waals surface area contributed by atoms with E-state index in [1.807, 2.05) is 25.1 Å². The lowest BCUT2D eigenvalue weighted by atomic mass is 9.79. The Bertz CT molecular complexity index is 1270. The van der Waals surface area contributed by atoms with Crippen LogP contribution in [0.5, 0.6) is 0 Å². The molecule has 1 saturated heterocycles. The molecule has 0 bridgehead atoms. The third-order valence-electron chi connectivity index (χ3n) is 7.32. The molecule has 2 atom stereocenters. The summed E-state index contributed by atoms with van der Waals surface area (Å²) in [7, 11) is 0. The number of β-amino-alcohol motifs (C(OH)–C–C–N with tert-alkyl or cyclic N) is 1. The number of aromatic nitrogens is 1. The Hall–Kier alpha value is -3.73. The summed E-state index contributed by atoms with van der Waals surface area (Å²) < 4.78 is 5.17. The summed E-state index contributed by atoms with van der Waals surface area (Å²) in [5.41, 5.74) is 4.91. The number of carbonyl (C=O) groups is 1. The highest BCUT2D eigenvalue weighted by Crippen LogP contribution is 2.36. The van der Waals surface area contributed by atoms with Crippen molar-refractivity contribution in [3.63, 3.8) is 0 Å². The number of hydrogen-bond donors (Lipinski definition) is 2. The molecule has 3 aromatic rings. The summed E-state index contributed by atoms with van der Waals surface area (Å²) in [4.78, 5) is 18.5. The Balaban J connectivity index is 1.32. The molecular formula is C28H28N4O3. The third kappa shape index (κ3) is 4.51. The number of pyridine rings is 1. The number of cyclic esters (lactones) is 1. The van der Waals surface area contributed by atoms with Crippen molar-refractivity contribution in [2.45, 2.75) is 31.5 Å². The van der Waals surface area contributed by atoms with E-state index >= 15 is 0 Å². The second kappa shape index (κ2) is 9.49. The summed E-state index contributed by atoms with van der Waals surface area (Å²) in [6.07, 6.45) is 1.86. The summed E-state index contributed by atoms with van der Waals surface area (Å²) in [5, 5.41) is 23.6. The van der Waals surface area contributed by atoms with Gasteiger partial charge in [-0.05, 0) is 54.8 Å². The lowest BCUT2D eigenvalue weighted by molar-refractivity contribution is 0.0535. The minimum Gasteiger partial charge on any atom is -0.457 e. The fourth-order valence-electron chi connectivity index (χ4n) is 5.28. The van der Waals surface area contributed by atoms with Gasteiger partial charge < -0.3 is 15.2 Å². The van der Waals surface area contributed by atoms with Crippen LogP contribution in [-0.4, -0.2) is 47.1 Å². The smallest absolute Gasteiger partial charge is 0.338 e. The second-order valence-corrected chi connectivity index (χ2v) is 9.43. The van der Waals surface area contributed by atoms with Gasteiger partial charge in [0.25, 0.3) is 0 Å². The second-order valence-electron chi connectivity index (χ2n) is 9.43. The van der Waals surface area contributed by atoms with Gasteiger partial charge >= 0.3 is 5.97 Å². The van der Waals surface area contributed by atoms with Crippen LogP contribution in [0.15, 0.2) is 60.8 Å². The van der Waals surface area contributed by atoms with Gasteiger partial charge in [0.2, 0.25) is 0 Å². The number of anilines is 1. The molecule has 1 aromatic heterocycles. The first-order chi connectivity index (χ1) is 17.0. The highest BCUT2D eigenvalue weighted by Gasteiger charge is 2.40. The van der Waals surface area contributed by atoms with Crippen molar-refractivity contribution >= 4 is 11.8 Å². The van der Waals surface area contributed by atoms with E-state index in [0.717, 1.165) is 42.0 Å². The van der Waals surface area contributed by atoms with Gasteiger partial charge in [0.05, 0.1) is 17.2 Å². The van der Waals surface area contributed by atoms with E-state index in [-0.39, 0.29) is 18.0 Å². The van der Waals surface area contributed by atoms with E-state index in [4.69, 9.17) is 10.00 Å². The number of aliphatic hydroxyl groups is 1. The zero-order chi connectivity index (χ0) is 24.4. The molecule has 5 rings (SSSR count). The molecule has 0 spiro atoms. The molecule has 2 aliphatic heterocycles. The number of nitrogens with zero attached hydrogens (tertiary/aromatic N) is 3. The fourth-order valence-corrected chi connectivity index (χ4v) is 5.28. The molecule has 7 heteroatoms. The quantitative estimate of drug-likeness (QED) is 0.510. The summed E-state index contributed by atoms with van der Waals surface area (Å²) in [6.45, 7) is 5.09.